The second kappa shape index (κ2) is 10.5. The van der Waals surface area contributed by atoms with Crippen LogP contribution in [0.15, 0.2) is 72.8 Å². The first-order chi connectivity index (χ1) is 17.0. The molecule has 178 valence electrons. The standard InChI is InChI=1S/C26H23N3O6/c1-34-21-11-4-5-12-22(21)35-16-24(31)28-18-8-6-7-17(15-18)27-23(30)13-14-29-25(32)19-9-2-3-10-20(19)26(29)33/h2-12,15H,13-14,16H2,1H3,(H,27,30)(H,28,31). The molecule has 2 N–H and O–H groups in total. The summed E-state index contributed by atoms with van der Waals surface area (Å²) in [6.45, 7) is -0.258. The largest absolute Gasteiger partial charge is 0.493 e. The van der Waals surface area contributed by atoms with Gasteiger partial charge in [0.25, 0.3) is 17.7 Å². The van der Waals surface area contributed by atoms with Gasteiger partial charge in [-0.3, -0.25) is 24.1 Å². The summed E-state index contributed by atoms with van der Waals surface area (Å²) < 4.78 is 10.7. The van der Waals surface area contributed by atoms with E-state index in [1.165, 1.54) is 7.11 Å². The number of hydrogen-bond donors (Lipinski definition) is 2. The number of ether oxygens (including phenoxy) is 2. The molecule has 0 radical (unpaired) electrons. The van der Waals surface area contributed by atoms with Gasteiger partial charge in [-0.25, -0.2) is 0 Å². The molecule has 4 amide bonds. The maximum atomic E-state index is 12.4. The lowest BCUT2D eigenvalue weighted by Crippen LogP contribution is -2.32. The fourth-order valence-corrected chi connectivity index (χ4v) is 3.63. The van der Waals surface area contributed by atoms with Crippen molar-refractivity contribution in [2.45, 2.75) is 6.42 Å². The number of carbonyl (C=O) groups excluding carboxylic acids is 4. The van der Waals surface area contributed by atoms with E-state index in [9.17, 15) is 19.2 Å². The Balaban J connectivity index is 1.28. The lowest BCUT2D eigenvalue weighted by atomic mass is 10.1. The molecule has 1 heterocycles. The van der Waals surface area contributed by atoms with E-state index >= 15 is 0 Å². The SMILES string of the molecule is COc1ccccc1OCC(=O)Nc1cccc(NC(=O)CCN2C(=O)c3ccccc3C2=O)c1. The van der Waals surface area contributed by atoms with Crippen LogP contribution in [0.2, 0.25) is 0 Å². The number of nitrogens with one attached hydrogen (secondary N) is 2. The number of amides is 4. The smallest absolute Gasteiger partial charge is 0.262 e. The van der Waals surface area contributed by atoms with E-state index in [0.717, 1.165) is 4.90 Å². The maximum absolute atomic E-state index is 12.4. The quantitative estimate of drug-likeness (QED) is 0.461. The second-order valence-electron chi connectivity index (χ2n) is 7.67. The topological polar surface area (TPSA) is 114 Å². The van der Waals surface area contributed by atoms with E-state index < -0.39 is 11.8 Å². The van der Waals surface area contributed by atoms with Crippen LogP contribution in [0.1, 0.15) is 27.1 Å². The molecule has 0 unspecified atom stereocenters. The lowest BCUT2D eigenvalue weighted by molar-refractivity contribution is -0.118. The van der Waals surface area contributed by atoms with Gasteiger partial charge in [-0.15, -0.1) is 0 Å². The number of para-hydroxylation sites is 2. The Hall–Kier alpha value is -4.66. The molecule has 3 aromatic carbocycles. The van der Waals surface area contributed by atoms with Crippen LogP contribution in [0.25, 0.3) is 0 Å². The van der Waals surface area contributed by atoms with E-state index in [1.807, 2.05) is 0 Å². The minimum Gasteiger partial charge on any atom is -0.493 e. The molecule has 0 bridgehead atoms. The minimum absolute atomic E-state index is 0.0328. The zero-order valence-electron chi connectivity index (χ0n) is 18.9. The zero-order chi connectivity index (χ0) is 24.8. The molecule has 35 heavy (non-hydrogen) atoms. The number of rotatable bonds is 9. The van der Waals surface area contributed by atoms with Crippen molar-refractivity contribution in [2.75, 3.05) is 30.9 Å². The van der Waals surface area contributed by atoms with Gasteiger partial charge in [0.05, 0.1) is 18.2 Å². The molecule has 1 aliphatic rings. The van der Waals surface area contributed by atoms with Crippen molar-refractivity contribution in [3.8, 4) is 11.5 Å². The molecule has 9 heteroatoms. The number of imide groups is 1. The van der Waals surface area contributed by atoms with Crippen molar-refractivity contribution < 1.29 is 28.7 Å². The summed E-state index contributed by atoms with van der Waals surface area (Å²) >= 11 is 0. The highest BCUT2D eigenvalue weighted by molar-refractivity contribution is 6.21. The predicted octanol–water partition coefficient (Wildman–Crippen LogP) is 3.34. The molecule has 0 atom stereocenters. The highest BCUT2D eigenvalue weighted by atomic mass is 16.5. The molecule has 0 spiro atoms. The van der Waals surface area contributed by atoms with E-state index in [4.69, 9.17) is 9.47 Å². The first-order valence-electron chi connectivity index (χ1n) is 10.9. The average molecular weight is 473 g/mol. The molecular formula is C26H23N3O6. The van der Waals surface area contributed by atoms with Crippen molar-refractivity contribution >= 4 is 35.0 Å². The number of fused-ring (bicyclic) bond motifs is 1. The monoisotopic (exact) mass is 473 g/mol. The van der Waals surface area contributed by atoms with Gasteiger partial charge in [-0.05, 0) is 42.5 Å². The zero-order valence-corrected chi connectivity index (χ0v) is 18.9. The van der Waals surface area contributed by atoms with Gasteiger partial charge < -0.3 is 20.1 Å². The summed E-state index contributed by atoms with van der Waals surface area (Å²) in [6, 6.07) is 20.2. The Morgan fingerprint density at radius 3 is 1.97 bits per heavy atom. The summed E-state index contributed by atoms with van der Waals surface area (Å²) in [4.78, 5) is 50.6. The molecule has 0 aromatic heterocycles. The summed E-state index contributed by atoms with van der Waals surface area (Å²) in [5.41, 5.74) is 1.62. The third-order valence-corrected chi connectivity index (χ3v) is 5.30. The summed E-state index contributed by atoms with van der Waals surface area (Å²) in [5.74, 6) is -0.595. The van der Waals surface area contributed by atoms with Gasteiger partial charge in [-0.2, -0.15) is 0 Å². The highest BCUT2D eigenvalue weighted by Gasteiger charge is 2.34. The average Bonchev–Trinajstić information content (AvgIpc) is 3.11. The van der Waals surface area contributed by atoms with Crippen LogP contribution in [-0.2, 0) is 9.59 Å². The van der Waals surface area contributed by atoms with Gasteiger partial charge >= 0.3 is 0 Å². The molecule has 3 aromatic rings. The van der Waals surface area contributed by atoms with Crippen LogP contribution in [0.5, 0.6) is 11.5 Å². The molecular weight excluding hydrogens is 450 g/mol. The molecule has 0 aliphatic carbocycles. The van der Waals surface area contributed by atoms with Gasteiger partial charge in [0.1, 0.15) is 0 Å². The minimum atomic E-state index is -0.404. The molecule has 0 saturated carbocycles. The fraction of sp³-hybridized carbons (Fsp3) is 0.154. The van der Waals surface area contributed by atoms with Crippen LogP contribution < -0.4 is 20.1 Å². The van der Waals surface area contributed by atoms with Crippen molar-refractivity contribution in [3.63, 3.8) is 0 Å². The molecule has 0 fully saturated rings. The maximum Gasteiger partial charge on any atom is 0.262 e. The van der Waals surface area contributed by atoms with E-state index in [-0.39, 0.29) is 31.4 Å². The molecule has 9 nitrogen and oxygen atoms in total. The predicted molar refractivity (Wildman–Crippen MR) is 129 cm³/mol. The Kier molecular flexibility index (Phi) is 7.06. The second-order valence-corrected chi connectivity index (χ2v) is 7.67. The summed E-state index contributed by atoms with van der Waals surface area (Å²) in [6.07, 6.45) is -0.0607. The number of anilines is 2. The number of benzene rings is 3. The number of hydrogen-bond acceptors (Lipinski definition) is 6. The molecule has 0 saturated heterocycles. The fourth-order valence-electron chi connectivity index (χ4n) is 3.63. The highest BCUT2D eigenvalue weighted by Crippen LogP contribution is 2.26. The van der Waals surface area contributed by atoms with E-state index in [2.05, 4.69) is 10.6 Å². The van der Waals surface area contributed by atoms with Gasteiger partial charge in [0.15, 0.2) is 18.1 Å². The van der Waals surface area contributed by atoms with Crippen LogP contribution in [0.3, 0.4) is 0 Å². The Bertz CT molecular complexity index is 1250. The first kappa shape index (κ1) is 23.5. The number of carbonyl (C=O) groups is 4. The Morgan fingerprint density at radius 2 is 1.34 bits per heavy atom. The Labute approximate surface area is 201 Å². The summed E-state index contributed by atoms with van der Waals surface area (Å²) in [5, 5.41) is 5.42. The van der Waals surface area contributed by atoms with Crippen molar-refractivity contribution in [1.82, 2.24) is 4.90 Å². The van der Waals surface area contributed by atoms with Gasteiger partial charge in [0, 0.05) is 24.3 Å². The normalized spacial score (nSPS) is 12.2. The first-order valence-corrected chi connectivity index (χ1v) is 10.9. The lowest BCUT2D eigenvalue weighted by Gasteiger charge is -2.14. The third kappa shape index (κ3) is 5.47. The van der Waals surface area contributed by atoms with Crippen LogP contribution >= 0.6 is 0 Å². The van der Waals surface area contributed by atoms with Crippen molar-refractivity contribution in [1.29, 1.82) is 0 Å². The van der Waals surface area contributed by atoms with Crippen molar-refractivity contribution in [3.05, 3.63) is 83.9 Å². The number of nitrogens with zero attached hydrogens (tertiary/aromatic N) is 1. The third-order valence-electron chi connectivity index (χ3n) is 5.30. The van der Waals surface area contributed by atoms with Crippen LogP contribution in [-0.4, -0.2) is 48.8 Å². The van der Waals surface area contributed by atoms with Gasteiger partial charge in [-0.1, -0.05) is 30.3 Å². The number of methoxy groups -OCH3 is 1. The molecule has 1 aliphatic heterocycles. The van der Waals surface area contributed by atoms with Crippen LogP contribution in [0.4, 0.5) is 11.4 Å². The summed E-state index contributed by atoms with van der Waals surface area (Å²) in [7, 11) is 1.52. The van der Waals surface area contributed by atoms with E-state index in [1.54, 1.807) is 72.8 Å². The molecule has 4 rings (SSSR count). The Morgan fingerprint density at radius 1 is 0.771 bits per heavy atom. The van der Waals surface area contributed by atoms with Gasteiger partial charge in [0.2, 0.25) is 5.91 Å². The van der Waals surface area contributed by atoms with Crippen LogP contribution in [0, 0.1) is 0 Å². The van der Waals surface area contributed by atoms with Crippen molar-refractivity contribution in [2.24, 2.45) is 0 Å². The van der Waals surface area contributed by atoms with E-state index in [0.29, 0.717) is 34.0 Å².